The first-order valence-corrected chi connectivity index (χ1v) is 6.28. The van der Waals surface area contributed by atoms with Crippen LogP contribution in [0.5, 0.6) is 0 Å². The summed E-state index contributed by atoms with van der Waals surface area (Å²) < 4.78 is 0. The van der Waals surface area contributed by atoms with Gasteiger partial charge in [-0.25, -0.2) is 0 Å². The topological polar surface area (TPSA) is 12.0 Å². The molecule has 1 nitrogen and oxygen atoms in total. The predicted molar refractivity (Wildman–Crippen MR) is 75.0 cm³/mol. The standard InChI is InChI=1S/C16H23N/c1-5-6-12-17-14(2)13-16(3,4)15-10-8-7-9-11-15/h1,7-11,14,17H,6,12-13H2,2-4H3. The van der Waals surface area contributed by atoms with E-state index in [-0.39, 0.29) is 5.41 Å². The molecule has 0 spiro atoms. The van der Waals surface area contributed by atoms with Gasteiger partial charge in [0.1, 0.15) is 0 Å². The molecule has 0 saturated heterocycles. The Labute approximate surface area is 106 Å². The molecule has 1 unspecified atom stereocenters. The van der Waals surface area contributed by atoms with Crippen molar-refractivity contribution in [2.45, 2.75) is 45.1 Å². The van der Waals surface area contributed by atoms with Crippen LogP contribution < -0.4 is 5.32 Å². The van der Waals surface area contributed by atoms with Crippen molar-refractivity contribution < 1.29 is 0 Å². The van der Waals surface area contributed by atoms with Crippen LogP contribution in [0.15, 0.2) is 30.3 Å². The van der Waals surface area contributed by atoms with Crippen molar-refractivity contribution in [3.8, 4) is 12.3 Å². The molecule has 0 fully saturated rings. The van der Waals surface area contributed by atoms with Crippen molar-refractivity contribution >= 4 is 0 Å². The van der Waals surface area contributed by atoms with Crippen LogP contribution in [0.4, 0.5) is 0 Å². The highest BCUT2D eigenvalue weighted by atomic mass is 14.9. The molecule has 1 aromatic rings. The fourth-order valence-electron chi connectivity index (χ4n) is 2.24. The second-order valence-electron chi connectivity index (χ2n) is 5.26. The molecule has 1 rings (SSSR count). The molecule has 1 heteroatoms. The van der Waals surface area contributed by atoms with Crippen LogP contribution in [0.3, 0.4) is 0 Å². The largest absolute Gasteiger partial charge is 0.313 e. The summed E-state index contributed by atoms with van der Waals surface area (Å²) in [6, 6.07) is 11.2. The molecule has 0 aliphatic carbocycles. The lowest BCUT2D eigenvalue weighted by molar-refractivity contribution is 0.392. The Morgan fingerprint density at radius 3 is 2.53 bits per heavy atom. The van der Waals surface area contributed by atoms with Crippen molar-refractivity contribution in [2.24, 2.45) is 0 Å². The quantitative estimate of drug-likeness (QED) is 0.582. The van der Waals surface area contributed by atoms with Crippen molar-refractivity contribution in [1.82, 2.24) is 5.32 Å². The minimum absolute atomic E-state index is 0.198. The van der Waals surface area contributed by atoms with Crippen LogP contribution in [-0.4, -0.2) is 12.6 Å². The van der Waals surface area contributed by atoms with Crippen LogP contribution in [0.2, 0.25) is 0 Å². The lowest BCUT2D eigenvalue weighted by Gasteiger charge is -2.29. The van der Waals surface area contributed by atoms with Gasteiger partial charge in [-0.1, -0.05) is 44.2 Å². The third-order valence-corrected chi connectivity index (χ3v) is 3.13. The highest BCUT2D eigenvalue weighted by Gasteiger charge is 2.22. The first-order chi connectivity index (χ1) is 8.06. The van der Waals surface area contributed by atoms with Gasteiger partial charge in [0.2, 0.25) is 0 Å². The van der Waals surface area contributed by atoms with Crippen molar-refractivity contribution in [1.29, 1.82) is 0 Å². The SMILES string of the molecule is C#CCCNC(C)CC(C)(C)c1ccccc1. The summed E-state index contributed by atoms with van der Waals surface area (Å²) in [4.78, 5) is 0. The monoisotopic (exact) mass is 229 g/mol. The van der Waals surface area contributed by atoms with E-state index in [1.165, 1.54) is 5.56 Å². The summed E-state index contributed by atoms with van der Waals surface area (Å²) in [7, 11) is 0. The van der Waals surface area contributed by atoms with Crippen LogP contribution in [0.25, 0.3) is 0 Å². The number of hydrogen-bond donors (Lipinski definition) is 1. The number of hydrogen-bond acceptors (Lipinski definition) is 1. The molecule has 0 aliphatic heterocycles. The molecule has 0 aromatic heterocycles. The summed E-state index contributed by atoms with van der Waals surface area (Å²) in [5.41, 5.74) is 1.59. The molecule has 0 saturated carbocycles. The van der Waals surface area contributed by atoms with Gasteiger partial charge >= 0.3 is 0 Å². The Bertz CT molecular complexity index is 359. The summed E-state index contributed by atoms with van der Waals surface area (Å²) in [6.07, 6.45) is 7.16. The molecule has 1 aromatic carbocycles. The maximum Gasteiger partial charge on any atom is 0.0211 e. The summed E-state index contributed by atoms with van der Waals surface area (Å²) in [5.74, 6) is 2.66. The molecular formula is C16H23N. The van der Waals surface area contributed by atoms with E-state index in [2.05, 4.69) is 62.3 Å². The molecular weight excluding hydrogens is 206 g/mol. The molecule has 1 N–H and O–H groups in total. The van der Waals surface area contributed by atoms with Crippen molar-refractivity contribution in [3.63, 3.8) is 0 Å². The normalized spacial score (nSPS) is 13.1. The van der Waals surface area contributed by atoms with Crippen molar-refractivity contribution in [3.05, 3.63) is 35.9 Å². The molecule has 92 valence electrons. The first kappa shape index (κ1) is 13.8. The average Bonchev–Trinajstić information content (AvgIpc) is 2.30. The van der Waals surface area contributed by atoms with E-state index < -0.39 is 0 Å². The highest BCUT2D eigenvalue weighted by Crippen LogP contribution is 2.27. The van der Waals surface area contributed by atoms with Crippen LogP contribution in [-0.2, 0) is 5.41 Å². The molecule has 0 heterocycles. The Hall–Kier alpha value is -1.26. The van der Waals surface area contributed by atoms with E-state index in [9.17, 15) is 0 Å². The third-order valence-electron chi connectivity index (χ3n) is 3.13. The second-order valence-corrected chi connectivity index (χ2v) is 5.26. The van der Waals surface area contributed by atoms with E-state index in [0.717, 1.165) is 19.4 Å². The van der Waals surface area contributed by atoms with Gasteiger partial charge in [-0.3, -0.25) is 0 Å². The van der Waals surface area contributed by atoms with E-state index in [1.54, 1.807) is 0 Å². The van der Waals surface area contributed by atoms with Crippen molar-refractivity contribution in [2.75, 3.05) is 6.54 Å². The van der Waals surface area contributed by atoms with Gasteiger partial charge in [0.15, 0.2) is 0 Å². The zero-order chi connectivity index (χ0) is 12.7. The summed E-state index contributed by atoms with van der Waals surface area (Å²) in [5, 5.41) is 3.47. The molecule has 17 heavy (non-hydrogen) atoms. The second kappa shape index (κ2) is 6.47. The molecule has 0 radical (unpaired) electrons. The molecule has 0 amide bonds. The highest BCUT2D eigenvalue weighted by molar-refractivity contribution is 5.23. The Morgan fingerprint density at radius 1 is 1.29 bits per heavy atom. The Morgan fingerprint density at radius 2 is 1.94 bits per heavy atom. The van der Waals surface area contributed by atoms with Gasteiger partial charge in [0.05, 0.1) is 0 Å². The van der Waals surface area contributed by atoms with E-state index in [4.69, 9.17) is 6.42 Å². The smallest absolute Gasteiger partial charge is 0.0211 e. The van der Waals surface area contributed by atoms with E-state index >= 15 is 0 Å². The third kappa shape index (κ3) is 4.63. The van der Waals surface area contributed by atoms with Crippen LogP contribution >= 0.6 is 0 Å². The maximum absolute atomic E-state index is 5.24. The summed E-state index contributed by atoms with van der Waals surface area (Å²) >= 11 is 0. The number of benzene rings is 1. The number of nitrogens with one attached hydrogen (secondary N) is 1. The average molecular weight is 229 g/mol. The number of rotatable bonds is 6. The lowest BCUT2D eigenvalue weighted by Crippen LogP contribution is -2.33. The zero-order valence-electron chi connectivity index (χ0n) is 11.2. The van der Waals surface area contributed by atoms with Gasteiger partial charge in [-0.05, 0) is 24.3 Å². The van der Waals surface area contributed by atoms with Crippen LogP contribution in [0, 0.1) is 12.3 Å². The van der Waals surface area contributed by atoms with Gasteiger partial charge in [0.25, 0.3) is 0 Å². The van der Waals surface area contributed by atoms with Gasteiger partial charge in [-0.2, -0.15) is 0 Å². The maximum atomic E-state index is 5.24. The first-order valence-electron chi connectivity index (χ1n) is 6.28. The molecule has 1 atom stereocenters. The van der Waals surface area contributed by atoms with E-state index in [0.29, 0.717) is 6.04 Å². The fourth-order valence-corrected chi connectivity index (χ4v) is 2.24. The molecule has 0 bridgehead atoms. The van der Waals surface area contributed by atoms with Crippen LogP contribution in [0.1, 0.15) is 39.2 Å². The summed E-state index contributed by atoms with van der Waals surface area (Å²) in [6.45, 7) is 7.72. The minimum Gasteiger partial charge on any atom is -0.313 e. The number of terminal acetylenes is 1. The Balaban J connectivity index is 2.52. The van der Waals surface area contributed by atoms with E-state index in [1.807, 2.05) is 0 Å². The predicted octanol–water partition coefficient (Wildman–Crippen LogP) is 3.36. The molecule has 0 aliphatic rings. The minimum atomic E-state index is 0.198. The lowest BCUT2D eigenvalue weighted by atomic mass is 9.79. The van der Waals surface area contributed by atoms with Gasteiger partial charge in [0, 0.05) is 19.0 Å². The zero-order valence-corrected chi connectivity index (χ0v) is 11.2. The Kier molecular flexibility index (Phi) is 5.25. The fraction of sp³-hybridized carbons (Fsp3) is 0.500. The van der Waals surface area contributed by atoms with Gasteiger partial charge in [-0.15, -0.1) is 12.3 Å². The van der Waals surface area contributed by atoms with Gasteiger partial charge < -0.3 is 5.32 Å².